The molecule has 2 unspecified atom stereocenters. The van der Waals surface area contributed by atoms with Crippen molar-refractivity contribution in [1.82, 2.24) is 10.2 Å². The van der Waals surface area contributed by atoms with E-state index in [1.54, 1.807) is 12.1 Å². The van der Waals surface area contributed by atoms with E-state index in [9.17, 15) is 4.39 Å². The third kappa shape index (κ3) is 3.41. The van der Waals surface area contributed by atoms with Gasteiger partial charge in [-0.3, -0.25) is 4.90 Å². The molecule has 1 heterocycles. The second-order valence-electron chi connectivity index (χ2n) is 6.20. The highest BCUT2D eigenvalue weighted by Gasteiger charge is 2.34. The van der Waals surface area contributed by atoms with Gasteiger partial charge in [0.25, 0.3) is 0 Å². The van der Waals surface area contributed by atoms with Gasteiger partial charge in [0.1, 0.15) is 5.82 Å². The van der Waals surface area contributed by atoms with Gasteiger partial charge in [-0.15, -0.1) is 0 Å². The van der Waals surface area contributed by atoms with E-state index >= 15 is 0 Å². The SMILES string of the molecule is CC1CCNC(C2CC2)CN1Cc1cc(Br)ccc1F. The molecule has 0 aromatic heterocycles. The third-order valence-electron chi connectivity index (χ3n) is 4.60. The van der Waals surface area contributed by atoms with Crippen molar-refractivity contribution in [1.29, 1.82) is 0 Å². The Bertz CT molecular complexity index is 476. The van der Waals surface area contributed by atoms with Gasteiger partial charge in [-0.05, 0) is 56.8 Å². The number of nitrogens with zero attached hydrogens (tertiary/aromatic N) is 1. The van der Waals surface area contributed by atoms with E-state index in [4.69, 9.17) is 0 Å². The quantitative estimate of drug-likeness (QED) is 0.905. The van der Waals surface area contributed by atoms with Crippen LogP contribution in [-0.4, -0.2) is 30.1 Å². The highest BCUT2D eigenvalue weighted by molar-refractivity contribution is 9.10. The van der Waals surface area contributed by atoms with Crippen molar-refractivity contribution in [2.45, 2.75) is 44.8 Å². The Morgan fingerprint density at radius 2 is 2.15 bits per heavy atom. The van der Waals surface area contributed by atoms with Crippen molar-refractivity contribution < 1.29 is 4.39 Å². The Labute approximate surface area is 128 Å². The molecule has 0 bridgehead atoms. The average Bonchev–Trinajstić information content (AvgIpc) is 3.24. The van der Waals surface area contributed by atoms with E-state index in [0.29, 0.717) is 18.6 Å². The summed E-state index contributed by atoms with van der Waals surface area (Å²) in [6, 6.07) is 6.32. The lowest BCUT2D eigenvalue weighted by Gasteiger charge is -2.29. The van der Waals surface area contributed by atoms with Gasteiger partial charge in [0.15, 0.2) is 0 Å². The summed E-state index contributed by atoms with van der Waals surface area (Å²) in [6.45, 7) is 5.09. The Kier molecular flexibility index (Phi) is 4.43. The van der Waals surface area contributed by atoms with Crippen LogP contribution in [0.15, 0.2) is 22.7 Å². The van der Waals surface area contributed by atoms with E-state index in [2.05, 4.69) is 33.1 Å². The minimum Gasteiger partial charge on any atom is -0.312 e. The summed E-state index contributed by atoms with van der Waals surface area (Å²) in [5.41, 5.74) is 0.794. The number of halogens is 2. The Morgan fingerprint density at radius 3 is 2.90 bits per heavy atom. The Morgan fingerprint density at radius 1 is 1.35 bits per heavy atom. The number of nitrogens with one attached hydrogen (secondary N) is 1. The van der Waals surface area contributed by atoms with Crippen LogP contribution >= 0.6 is 15.9 Å². The Hall–Kier alpha value is -0.450. The van der Waals surface area contributed by atoms with Crippen molar-refractivity contribution in [3.63, 3.8) is 0 Å². The lowest BCUT2D eigenvalue weighted by atomic mass is 10.1. The zero-order chi connectivity index (χ0) is 14.1. The Balaban J connectivity index is 1.74. The zero-order valence-corrected chi connectivity index (χ0v) is 13.5. The van der Waals surface area contributed by atoms with Crippen LogP contribution in [0, 0.1) is 11.7 Å². The molecule has 110 valence electrons. The van der Waals surface area contributed by atoms with E-state index < -0.39 is 0 Å². The summed E-state index contributed by atoms with van der Waals surface area (Å²) in [5.74, 6) is 0.746. The van der Waals surface area contributed by atoms with Crippen molar-refractivity contribution >= 4 is 15.9 Å². The number of rotatable bonds is 3. The van der Waals surface area contributed by atoms with Crippen LogP contribution in [-0.2, 0) is 6.54 Å². The minimum absolute atomic E-state index is 0.0967. The fraction of sp³-hybridized carbons (Fsp3) is 0.625. The van der Waals surface area contributed by atoms with Gasteiger partial charge in [0.05, 0.1) is 0 Å². The van der Waals surface area contributed by atoms with Crippen LogP contribution in [0.25, 0.3) is 0 Å². The maximum atomic E-state index is 14.0. The molecule has 4 heteroatoms. The van der Waals surface area contributed by atoms with Gasteiger partial charge in [0, 0.05) is 35.2 Å². The van der Waals surface area contributed by atoms with E-state index in [-0.39, 0.29) is 5.82 Å². The molecule has 0 radical (unpaired) electrons. The maximum Gasteiger partial charge on any atom is 0.127 e. The van der Waals surface area contributed by atoms with Crippen molar-refractivity contribution in [3.05, 3.63) is 34.1 Å². The first kappa shape index (κ1) is 14.5. The molecular weight excluding hydrogens is 319 g/mol. The molecule has 1 saturated heterocycles. The van der Waals surface area contributed by atoms with E-state index in [0.717, 1.165) is 35.5 Å². The molecule has 1 aliphatic carbocycles. The second kappa shape index (κ2) is 6.12. The minimum atomic E-state index is -0.0967. The molecule has 1 aromatic carbocycles. The molecule has 1 saturated carbocycles. The molecule has 1 aromatic rings. The van der Waals surface area contributed by atoms with Crippen LogP contribution in [0.1, 0.15) is 31.7 Å². The van der Waals surface area contributed by atoms with Gasteiger partial charge >= 0.3 is 0 Å². The van der Waals surface area contributed by atoms with Gasteiger partial charge in [-0.25, -0.2) is 4.39 Å². The molecule has 2 atom stereocenters. The topological polar surface area (TPSA) is 15.3 Å². The zero-order valence-electron chi connectivity index (χ0n) is 11.9. The fourth-order valence-electron chi connectivity index (χ4n) is 3.08. The van der Waals surface area contributed by atoms with Gasteiger partial charge < -0.3 is 5.32 Å². The molecule has 0 amide bonds. The molecular formula is C16H22BrFN2. The highest BCUT2D eigenvalue weighted by Crippen LogP contribution is 2.34. The molecule has 2 aliphatic rings. The summed E-state index contributed by atoms with van der Waals surface area (Å²) in [4.78, 5) is 2.44. The molecule has 2 fully saturated rings. The summed E-state index contributed by atoms with van der Waals surface area (Å²) in [7, 11) is 0. The molecule has 1 aliphatic heterocycles. The number of benzene rings is 1. The van der Waals surface area contributed by atoms with Crippen molar-refractivity contribution in [2.24, 2.45) is 5.92 Å². The molecule has 1 N–H and O–H groups in total. The first-order chi connectivity index (χ1) is 9.63. The highest BCUT2D eigenvalue weighted by atomic mass is 79.9. The van der Waals surface area contributed by atoms with Crippen LogP contribution in [0.3, 0.4) is 0 Å². The predicted molar refractivity (Wildman–Crippen MR) is 83.1 cm³/mol. The fourth-order valence-corrected chi connectivity index (χ4v) is 3.48. The monoisotopic (exact) mass is 340 g/mol. The van der Waals surface area contributed by atoms with Crippen LogP contribution in [0.5, 0.6) is 0 Å². The van der Waals surface area contributed by atoms with Gasteiger partial charge in [0.2, 0.25) is 0 Å². The first-order valence-electron chi connectivity index (χ1n) is 7.55. The summed E-state index contributed by atoms with van der Waals surface area (Å²) in [5, 5.41) is 3.67. The van der Waals surface area contributed by atoms with Crippen LogP contribution < -0.4 is 5.32 Å². The van der Waals surface area contributed by atoms with Gasteiger partial charge in [-0.2, -0.15) is 0 Å². The largest absolute Gasteiger partial charge is 0.312 e. The molecule has 3 rings (SSSR count). The summed E-state index contributed by atoms with van der Waals surface area (Å²) < 4.78 is 14.9. The lowest BCUT2D eigenvalue weighted by Crippen LogP contribution is -2.41. The summed E-state index contributed by atoms with van der Waals surface area (Å²) >= 11 is 3.44. The lowest BCUT2D eigenvalue weighted by molar-refractivity contribution is 0.188. The summed E-state index contributed by atoms with van der Waals surface area (Å²) in [6.07, 6.45) is 3.84. The maximum absolute atomic E-state index is 14.0. The normalized spacial score (nSPS) is 28.4. The van der Waals surface area contributed by atoms with Gasteiger partial charge in [-0.1, -0.05) is 15.9 Å². The predicted octanol–water partition coefficient (Wildman–Crippen LogP) is 3.55. The average molecular weight is 341 g/mol. The standard InChI is InChI=1S/C16H22BrFN2/c1-11-6-7-19-16(12-2-3-12)10-20(11)9-13-8-14(17)4-5-15(13)18/h4-5,8,11-12,16,19H,2-3,6-7,9-10H2,1H3. The number of hydrogen-bond donors (Lipinski definition) is 1. The molecule has 20 heavy (non-hydrogen) atoms. The van der Waals surface area contributed by atoms with E-state index in [1.165, 1.54) is 12.8 Å². The van der Waals surface area contributed by atoms with Crippen molar-refractivity contribution in [2.75, 3.05) is 13.1 Å². The van der Waals surface area contributed by atoms with Crippen LogP contribution in [0.4, 0.5) is 4.39 Å². The smallest absolute Gasteiger partial charge is 0.127 e. The first-order valence-corrected chi connectivity index (χ1v) is 8.34. The second-order valence-corrected chi connectivity index (χ2v) is 7.12. The molecule has 0 spiro atoms. The number of hydrogen-bond acceptors (Lipinski definition) is 2. The van der Waals surface area contributed by atoms with Crippen molar-refractivity contribution in [3.8, 4) is 0 Å². The van der Waals surface area contributed by atoms with Crippen LogP contribution in [0.2, 0.25) is 0 Å². The van der Waals surface area contributed by atoms with E-state index in [1.807, 2.05) is 6.07 Å². The third-order valence-corrected chi connectivity index (χ3v) is 5.09. The molecule has 2 nitrogen and oxygen atoms in total.